The average Bonchev–Trinajstić information content (AvgIpc) is 2.79. The van der Waals surface area contributed by atoms with E-state index in [2.05, 4.69) is 36.7 Å². The number of nitrogens with one attached hydrogen (secondary N) is 1. The SMILES string of the molecule is CC1CCCC(CNC(C)Cc2cccs2)C1. The van der Waals surface area contributed by atoms with Crippen molar-refractivity contribution < 1.29 is 0 Å². The zero-order valence-electron chi connectivity index (χ0n) is 11.1. The van der Waals surface area contributed by atoms with Crippen LogP contribution in [0.25, 0.3) is 0 Å². The van der Waals surface area contributed by atoms with Gasteiger partial charge in [-0.3, -0.25) is 0 Å². The van der Waals surface area contributed by atoms with E-state index in [1.54, 1.807) is 0 Å². The lowest BCUT2D eigenvalue weighted by Crippen LogP contribution is -2.34. The van der Waals surface area contributed by atoms with E-state index < -0.39 is 0 Å². The molecule has 2 heteroatoms. The molecule has 1 fully saturated rings. The maximum Gasteiger partial charge on any atom is 0.00871 e. The van der Waals surface area contributed by atoms with Crippen LogP contribution in [-0.4, -0.2) is 12.6 Å². The fraction of sp³-hybridized carbons (Fsp3) is 0.733. The predicted molar refractivity (Wildman–Crippen MR) is 76.6 cm³/mol. The van der Waals surface area contributed by atoms with E-state index in [4.69, 9.17) is 0 Å². The first-order valence-electron chi connectivity index (χ1n) is 7.00. The minimum absolute atomic E-state index is 0.617. The van der Waals surface area contributed by atoms with E-state index in [1.165, 1.54) is 43.5 Å². The second-order valence-electron chi connectivity index (χ2n) is 5.73. The normalized spacial score (nSPS) is 26.9. The Labute approximate surface area is 110 Å². The summed E-state index contributed by atoms with van der Waals surface area (Å²) in [5.41, 5.74) is 0. The molecule has 0 bridgehead atoms. The molecule has 1 nitrogen and oxygen atoms in total. The van der Waals surface area contributed by atoms with Gasteiger partial charge in [-0.05, 0) is 56.0 Å². The van der Waals surface area contributed by atoms with Gasteiger partial charge in [0.1, 0.15) is 0 Å². The van der Waals surface area contributed by atoms with Crippen LogP contribution >= 0.6 is 11.3 Å². The largest absolute Gasteiger partial charge is 0.314 e. The molecular formula is C15H25NS. The van der Waals surface area contributed by atoms with E-state index in [-0.39, 0.29) is 0 Å². The minimum atomic E-state index is 0.617. The van der Waals surface area contributed by atoms with Gasteiger partial charge >= 0.3 is 0 Å². The Morgan fingerprint density at radius 2 is 2.35 bits per heavy atom. The molecule has 2 rings (SSSR count). The highest BCUT2D eigenvalue weighted by Crippen LogP contribution is 2.28. The summed E-state index contributed by atoms with van der Waals surface area (Å²) in [7, 11) is 0. The lowest BCUT2D eigenvalue weighted by Gasteiger charge is -2.28. The maximum atomic E-state index is 3.72. The Bertz CT molecular complexity index is 307. The van der Waals surface area contributed by atoms with Crippen molar-refractivity contribution in [2.75, 3.05) is 6.54 Å². The molecule has 0 aliphatic heterocycles. The molecule has 1 saturated carbocycles. The molecule has 0 aromatic carbocycles. The highest BCUT2D eigenvalue weighted by molar-refractivity contribution is 7.09. The molecular weight excluding hydrogens is 226 g/mol. The van der Waals surface area contributed by atoms with Crippen molar-refractivity contribution in [3.63, 3.8) is 0 Å². The van der Waals surface area contributed by atoms with Crippen LogP contribution in [0.4, 0.5) is 0 Å². The second kappa shape index (κ2) is 6.55. The van der Waals surface area contributed by atoms with E-state index in [0.717, 1.165) is 11.8 Å². The van der Waals surface area contributed by atoms with Crippen LogP contribution in [0.3, 0.4) is 0 Å². The summed E-state index contributed by atoms with van der Waals surface area (Å²) in [6, 6.07) is 5.01. The van der Waals surface area contributed by atoms with Crippen LogP contribution in [0.2, 0.25) is 0 Å². The van der Waals surface area contributed by atoms with Gasteiger partial charge in [0.25, 0.3) is 0 Å². The average molecular weight is 251 g/mol. The monoisotopic (exact) mass is 251 g/mol. The summed E-state index contributed by atoms with van der Waals surface area (Å²) in [6.45, 7) is 5.93. The molecule has 3 atom stereocenters. The van der Waals surface area contributed by atoms with Gasteiger partial charge in [0, 0.05) is 10.9 Å². The fourth-order valence-corrected chi connectivity index (χ4v) is 3.75. The second-order valence-corrected chi connectivity index (χ2v) is 6.76. The molecule has 3 unspecified atom stereocenters. The van der Waals surface area contributed by atoms with Crippen LogP contribution in [0.15, 0.2) is 17.5 Å². The van der Waals surface area contributed by atoms with Gasteiger partial charge in [-0.1, -0.05) is 25.8 Å². The Kier molecular flexibility index (Phi) is 5.05. The Balaban J connectivity index is 1.67. The van der Waals surface area contributed by atoms with E-state index in [9.17, 15) is 0 Å². The summed E-state index contributed by atoms with van der Waals surface area (Å²) in [5.74, 6) is 1.87. The van der Waals surface area contributed by atoms with Crippen molar-refractivity contribution in [1.82, 2.24) is 5.32 Å². The minimum Gasteiger partial charge on any atom is -0.314 e. The molecule has 0 saturated heterocycles. The van der Waals surface area contributed by atoms with Crippen LogP contribution in [-0.2, 0) is 6.42 Å². The number of thiophene rings is 1. The molecule has 1 heterocycles. The highest BCUT2D eigenvalue weighted by Gasteiger charge is 2.19. The number of rotatable bonds is 5. The van der Waals surface area contributed by atoms with Gasteiger partial charge in [0.15, 0.2) is 0 Å². The van der Waals surface area contributed by atoms with Gasteiger partial charge in [-0.15, -0.1) is 11.3 Å². The highest BCUT2D eigenvalue weighted by atomic mass is 32.1. The van der Waals surface area contributed by atoms with E-state index in [0.29, 0.717) is 6.04 Å². The molecule has 1 aromatic heterocycles. The van der Waals surface area contributed by atoms with Crippen LogP contribution in [0.5, 0.6) is 0 Å². The van der Waals surface area contributed by atoms with Crippen molar-refractivity contribution in [3.05, 3.63) is 22.4 Å². The van der Waals surface area contributed by atoms with E-state index >= 15 is 0 Å². The van der Waals surface area contributed by atoms with Gasteiger partial charge in [0.2, 0.25) is 0 Å². The third-order valence-corrected chi connectivity index (χ3v) is 4.79. The van der Waals surface area contributed by atoms with Gasteiger partial charge in [0.05, 0.1) is 0 Å². The van der Waals surface area contributed by atoms with Crippen molar-refractivity contribution in [2.24, 2.45) is 11.8 Å². The Hall–Kier alpha value is -0.340. The molecule has 0 spiro atoms. The fourth-order valence-electron chi connectivity index (χ4n) is 2.92. The molecule has 1 aliphatic carbocycles. The predicted octanol–water partition coefficient (Wildman–Crippen LogP) is 4.10. The molecule has 1 N–H and O–H groups in total. The quantitative estimate of drug-likeness (QED) is 0.831. The first-order chi connectivity index (χ1) is 8.24. The number of hydrogen-bond donors (Lipinski definition) is 1. The molecule has 1 aromatic rings. The van der Waals surface area contributed by atoms with Crippen molar-refractivity contribution in [1.29, 1.82) is 0 Å². The topological polar surface area (TPSA) is 12.0 Å². The summed E-state index contributed by atoms with van der Waals surface area (Å²) in [4.78, 5) is 1.50. The zero-order valence-corrected chi connectivity index (χ0v) is 11.9. The molecule has 1 aliphatic rings. The Morgan fingerprint density at radius 1 is 1.47 bits per heavy atom. The van der Waals surface area contributed by atoms with Crippen molar-refractivity contribution in [3.8, 4) is 0 Å². The zero-order chi connectivity index (χ0) is 12.1. The summed E-state index contributed by atoms with van der Waals surface area (Å²) >= 11 is 1.87. The molecule has 17 heavy (non-hydrogen) atoms. The van der Waals surface area contributed by atoms with Gasteiger partial charge in [-0.2, -0.15) is 0 Å². The van der Waals surface area contributed by atoms with Crippen LogP contribution in [0.1, 0.15) is 44.4 Å². The molecule has 96 valence electrons. The summed E-state index contributed by atoms with van der Waals surface area (Å²) in [6.07, 6.45) is 6.93. The van der Waals surface area contributed by atoms with E-state index in [1.807, 2.05) is 11.3 Å². The standard InChI is InChI=1S/C15H25NS/c1-12-5-3-6-14(9-12)11-16-13(2)10-15-7-4-8-17-15/h4,7-8,12-14,16H,3,5-6,9-11H2,1-2H3. The first-order valence-corrected chi connectivity index (χ1v) is 7.87. The van der Waals surface area contributed by atoms with Crippen LogP contribution in [0, 0.1) is 11.8 Å². The third kappa shape index (κ3) is 4.44. The maximum absolute atomic E-state index is 3.72. The lowest BCUT2D eigenvalue weighted by molar-refractivity contribution is 0.268. The summed E-state index contributed by atoms with van der Waals surface area (Å²) in [5, 5.41) is 5.89. The first kappa shape index (κ1) is 13.1. The van der Waals surface area contributed by atoms with Gasteiger partial charge < -0.3 is 5.32 Å². The molecule has 0 amide bonds. The molecule has 0 radical (unpaired) electrons. The summed E-state index contributed by atoms with van der Waals surface area (Å²) < 4.78 is 0. The smallest absolute Gasteiger partial charge is 0.00871 e. The van der Waals surface area contributed by atoms with Gasteiger partial charge in [-0.25, -0.2) is 0 Å². The van der Waals surface area contributed by atoms with Crippen LogP contribution < -0.4 is 5.32 Å². The number of hydrogen-bond acceptors (Lipinski definition) is 2. The Morgan fingerprint density at radius 3 is 3.06 bits per heavy atom. The third-order valence-electron chi connectivity index (χ3n) is 3.89. The van der Waals surface area contributed by atoms with Crippen molar-refractivity contribution in [2.45, 2.75) is 52.0 Å². The lowest BCUT2D eigenvalue weighted by atomic mass is 9.82. The van der Waals surface area contributed by atoms with Crippen molar-refractivity contribution >= 4 is 11.3 Å².